The number of benzene rings is 2. The molecule has 1 heterocycles. The quantitative estimate of drug-likeness (QED) is 0.316. The van der Waals surface area contributed by atoms with Crippen molar-refractivity contribution in [3.05, 3.63) is 59.7 Å². The fourth-order valence-electron chi connectivity index (χ4n) is 3.37. The van der Waals surface area contributed by atoms with E-state index in [1.165, 1.54) is 43.2 Å². The van der Waals surface area contributed by atoms with Gasteiger partial charge in [-0.3, -0.25) is 0 Å². The van der Waals surface area contributed by atoms with E-state index in [9.17, 15) is 0 Å². The van der Waals surface area contributed by atoms with E-state index in [1.807, 2.05) is 18.2 Å². The highest BCUT2D eigenvalue weighted by Crippen LogP contribution is 2.30. The largest absolute Gasteiger partial charge is 0.497 e. The third-order valence-electron chi connectivity index (χ3n) is 4.99. The minimum atomic E-state index is 0.854. The monoisotopic (exact) mass is 349 g/mol. The van der Waals surface area contributed by atoms with Gasteiger partial charge in [0.05, 0.1) is 18.1 Å². The standard InChI is InChI=1S/C24H29O2/c1-4-5-6-7-8-9-19-10-12-20(13-11-19)24-16-18(2)22-17-21(25-3)14-15-23(22)26-24/h10-17H,4-9H2,1-3H3/q+1. The van der Waals surface area contributed by atoms with Crippen LogP contribution in [0.15, 0.2) is 52.9 Å². The van der Waals surface area contributed by atoms with Crippen molar-refractivity contribution < 1.29 is 9.15 Å². The first kappa shape index (κ1) is 18.4. The Kier molecular flexibility index (Phi) is 6.27. The first-order chi connectivity index (χ1) is 12.7. The number of methoxy groups -OCH3 is 1. The van der Waals surface area contributed by atoms with Gasteiger partial charge in [-0.2, -0.15) is 0 Å². The molecule has 0 aliphatic carbocycles. The van der Waals surface area contributed by atoms with Gasteiger partial charge in [0.2, 0.25) is 0 Å². The van der Waals surface area contributed by atoms with Crippen molar-refractivity contribution in [1.29, 1.82) is 0 Å². The molecule has 0 amide bonds. The topological polar surface area (TPSA) is 20.5 Å². The number of hydrogen-bond acceptors (Lipinski definition) is 1. The fraction of sp³-hybridized carbons (Fsp3) is 0.375. The molecule has 0 saturated carbocycles. The predicted molar refractivity (Wildman–Crippen MR) is 110 cm³/mol. The second-order valence-corrected chi connectivity index (χ2v) is 7.02. The van der Waals surface area contributed by atoms with Crippen molar-refractivity contribution in [2.75, 3.05) is 7.11 Å². The zero-order chi connectivity index (χ0) is 18.4. The van der Waals surface area contributed by atoms with Gasteiger partial charge in [-0.15, -0.1) is 0 Å². The molecule has 0 aliphatic rings. The second kappa shape index (κ2) is 8.84. The van der Waals surface area contributed by atoms with Crippen LogP contribution in [0.5, 0.6) is 5.75 Å². The molecule has 0 spiro atoms. The Morgan fingerprint density at radius 2 is 1.65 bits per heavy atom. The van der Waals surface area contributed by atoms with Crippen LogP contribution < -0.4 is 4.74 Å². The smallest absolute Gasteiger partial charge is 0.361 e. The molecular formula is C24H29O2+. The Labute approximate surface area is 156 Å². The van der Waals surface area contributed by atoms with Crippen LogP contribution in [-0.4, -0.2) is 7.11 Å². The number of hydrogen-bond donors (Lipinski definition) is 0. The van der Waals surface area contributed by atoms with Crippen molar-refractivity contribution in [3.8, 4) is 17.1 Å². The number of rotatable bonds is 8. The third kappa shape index (κ3) is 4.43. The summed E-state index contributed by atoms with van der Waals surface area (Å²) in [6.07, 6.45) is 7.79. The fourth-order valence-corrected chi connectivity index (χ4v) is 3.37. The lowest BCUT2D eigenvalue weighted by Gasteiger charge is -2.03. The van der Waals surface area contributed by atoms with Gasteiger partial charge in [0, 0.05) is 12.1 Å². The summed E-state index contributed by atoms with van der Waals surface area (Å²) in [6.45, 7) is 4.38. The third-order valence-corrected chi connectivity index (χ3v) is 4.99. The Hall–Kier alpha value is -2.35. The molecule has 2 nitrogen and oxygen atoms in total. The SMILES string of the molecule is CCCCCCCc1ccc(-c2cc(C)c3cc(OC)ccc3[o+]2)cc1. The molecule has 0 aliphatic heterocycles. The molecule has 0 N–H and O–H groups in total. The van der Waals surface area contributed by atoms with E-state index in [1.54, 1.807) is 7.11 Å². The zero-order valence-electron chi connectivity index (χ0n) is 16.2. The number of ether oxygens (including phenoxy) is 1. The van der Waals surface area contributed by atoms with E-state index in [-0.39, 0.29) is 0 Å². The summed E-state index contributed by atoms with van der Waals surface area (Å²) < 4.78 is 11.5. The van der Waals surface area contributed by atoms with Gasteiger partial charge in [-0.25, -0.2) is 4.42 Å². The Bertz CT molecular complexity index is 850. The van der Waals surface area contributed by atoms with Gasteiger partial charge in [0.25, 0.3) is 0 Å². The van der Waals surface area contributed by atoms with Gasteiger partial charge >= 0.3 is 11.3 Å². The molecule has 3 rings (SSSR count). The van der Waals surface area contributed by atoms with Crippen LogP contribution in [0.25, 0.3) is 22.3 Å². The predicted octanol–water partition coefficient (Wildman–Crippen LogP) is 7.21. The summed E-state index contributed by atoms with van der Waals surface area (Å²) in [5, 5.41) is 1.09. The van der Waals surface area contributed by atoms with Crippen LogP contribution in [-0.2, 0) is 6.42 Å². The van der Waals surface area contributed by atoms with Crippen molar-refractivity contribution in [2.24, 2.45) is 0 Å². The molecule has 0 atom stereocenters. The molecule has 1 aromatic heterocycles. The van der Waals surface area contributed by atoms with Crippen molar-refractivity contribution in [2.45, 2.75) is 52.4 Å². The molecular weight excluding hydrogens is 320 g/mol. The van der Waals surface area contributed by atoms with E-state index >= 15 is 0 Å². The molecule has 2 heteroatoms. The van der Waals surface area contributed by atoms with E-state index in [2.05, 4.69) is 44.2 Å². The first-order valence-electron chi connectivity index (χ1n) is 9.72. The minimum absolute atomic E-state index is 0.854. The summed E-state index contributed by atoms with van der Waals surface area (Å²) >= 11 is 0. The second-order valence-electron chi connectivity index (χ2n) is 7.02. The van der Waals surface area contributed by atoms with E-state index in [0.717, 1.165) is 34.5 Å². The van der Waals surface area contributed by atoms with Crippen LogP contribution in [0.1, 0.15) is 50.2 Å². The zero-order valence-corrected chi connectivity index (χ0v) is 16.2. The lowest BCUT2D eigenvalue weighted by molar-refractivity contribution is 0.415. The molecule has 26 heavy (non-hydrogen) atoms. The lowest BCUT2D eigenvalue weighted by atomic mass is 10.0. The van der Waals surface area contributed by atoms with Crippen LogP contribution in [0.3, 0.4) is 0 Å². The molecule has 0 radical (unpaired) electrons. The molecule has 0 fully saturated rings. The maximum absolute atomic E-state index is 6.14. The van der Waals surface area contributed by atoms with E-state index in [0.29, 0.717) is 0 Å². The Morgan fingerprint density at radius 1 is 0.885 bits per heavy atom. The molecule has 0 saturated heterocycles. The van der Waals surface area contributed by atoms with Gasteiger partial charge < -0.3 is 4.74 Å². The maximum atomic E-state index is 6.14. The lowest BCUT2D eigenvalue weighted by Crippen LogP contribution is -1.88. The van der Waals surface area contributed by atoms with Crippen LogP contribution in [0, 0.1) is 6.92 Å². The van der Waals surface area contributed by atoms with Crippen molar-refractivity contribution >= 4 is 11.0 Å². The van der Waals surface area contributed by atoms with Gasteiger partial charge in [-0.05, 0) is 55.2 Å². The van der Waals surface area contributed by atoms with Gasteiger partial charge in [0.1, 0.15) is 5.75 Å². The Balaban J connectivity index is 1.74. The number of aryl methyl sites for hydroxylation is 2. The molecule has 2 aromatic carbocycles. The van der Waals surface area contributed by atoms with Crippen LogP contribution in [0.4, 0.5) is 0 Å². The summed E-state index contributed by atoms with van der Waals surface area (Å²) in [5.74, 6) is 1.77. The summed E-state index contributed by atoms with van der Waals surface area (Å²) in [5.41, 5.74) is 4.62. The maximum Gasteiger partial charge on any atom is 0.361 e. The highest BCUT2D eigenvalue weighted by molar-refractivity contribution is 5.83. The number of unbranched alkanes of at least 4 members (excludes halogenated alkanes) is 4. The molecule has 0 bridgehead atoms. The average Bonchev–Trinajstić information content (AvgIpc) is 2.68. The van der Waals surface area contributed by atoms with Gasteiger partial charge in [-0.1, -0.05) is 44.7 Å². The first-order valence-corrected chi connectivity index (χ1v) is 9.72. The number of fused-ring (bicyclic) bond motifs is 1. The molecule has 136 valence electrons. The van der Waals surface area contributed by atoms with Crippen molar-refractivity contribution in [1.82, 2.24) is 0 Å². The summed E-state index contributed by atoms with van der Waals surface area (Å²) in [7, 11) is 1.69. The highest BCUT2D eigenvalue weighted by Gasteiger charge is 2.17. The molecule has 3 aromatic rings. The van der Waals surface area contributed by atoms with E-state index in [4.69, 9.17) is 9.15 Å². The van der Waals surface area contributed by atoms with Crippen LogP contribution >= 0.6 is 0 Å². The highest BCUT2D eigenvalue weighted by atomic mass is 16.5. The van der Waals surface area contributed by atoms with Gasteiger partial charge in [0.15, 0.2) is 0 Å². The minimum Gasteiger partial charge on any atom is -0.497 e. The van der Waals surface area contributed by atoms with Crippen molar-refractivity contribution in [3.63, 3.8) is 0 Å². The Morgan fingerprint density at radius 3 is 2.38 bits per heavy atom. The molecule has 0 unspecified atom stereocenters. The summed E-state index contributed by atoms with van der Waals surface area (Å²) in [4.78, 5) is 0. The average molecular weight is 349 g/mol. The normalized spacial score (nSPS) is 11.0. The summed E-state index contributed by atoms with van der Waals surface area (Å²) in [6, 6.07) is 16.9. The van der Waals surface area contributed by atoms with E-state index < -0.39 is 0 Å². The van der Waals surface area contributed by atoms with Crippen LogP contribution in [0.2, 0.25) is 0 Å².